The molecule has 0 spiro atoms. The Morgan fingerprint density at radius 2 is 2.55 bits per heavy atom. The first kappa shape index (κ1) is 8.09. The van der Waals surface area contributed by atoms with Crippen molar-refractivity contribution in [2.24, 2.45) is 0 Å². The number of hydrogen-bond acceptors (Lipinski definition) is 3. The summed E-state index contributed by atoms with van der Waals surface area (Å²) in [5.74, 6) is -0.429. The first-order valence-electron chi connectivity index (χ1n) is 3.56. The molecule has 0 aromatic carbocycles. The zero-order chi connectivity index (χ0) is 8.32. The standard InChI is InChI=1S/C8H10O3/c1-3-5-8(6-11-8)7(9)10-4-2/h2H,3,5-6H2,1H3. The van der Waals surface area contributed by atoms with Crippen LogP contribution in [0.1, 0.15) is 19.8 Å². The average molecular weight is 154 g/mol. The molecule has 0 N–H and O–H groups in total. The van der Waals surface area contributed by atoms with Crippen LogP contribution in [0.25, 0.3) is 0 Å². The summed E-state index contributed by atoms with van der Waals surface area (Å²) in [7, 11) is 0. The molecule has 0 aromatic rings. The lowest BCUT2D eigenvalue weighted by molar-refractivity contribution is -0.143. The van der Waals surface area contributed by atoms with E-state index < -0.39 is 11.6 Å². The van der Waals surface area contributed by atoms with Crippen molar-refractivity contribution in [3.05, 3.63) is 0 Å². The van der Waals surface area contributed by atoms with Crippen LogP contribution in [0.5, 0.6) is 0 Å². The van der Waals surface area contributed by atoms with Crippen molar-refractivity contribution >= 4 is 5.97 Å². The van der Waals surface area contributed by atoms with E-state index in [0.717, 1.165) is 6.42 Å². The first-order valence-corrected chi connectivity index (χ1v) is 3.56. The molecular weight excluding hydrogens is 144 g/mol. The highest BCUT2D eigenvalue weighted by atomic mass is 16.6. The van der Waals surface area contributed by atoms with E-state index in [1.807, 2.05) is 13.0 Å². The van der Waals surface area contributed by atoms with Crippen LogP contribution in [0.3, 0.4) is 0 Å². The second-order valence-electron chi connectivity index (χ2n) is 2.54. The summed E-state index contributed by atoms with van der Waals surface area (Å²) >= 11 is 0. The molecule has 0 saturated carbocycles. The van der Waals surface area contributed by atoms with Gasteiger partial charge >= 0.3 is 5.97 Å². The molecule has 0 radical (unpaired) electrons. The number of ether oxygens (including phenoxy) is 2. The van der Waals surface area contributed by atoms with Crippen molar-refractivity contribution in [1.82, 2.24) is 0 Å². The van der Waals surface area contributed by atoms with Gasteiger partial charge in [0, 0.05) is 0 Å². The second-order valence-corrected chi connectivity index (χ2v) is 2.54. The van der Waals surface area contributed by atoms with Gasteiger partial charge in [-0.1, -0.05) is 19.8 Å². The molecule has 0 amide bonds. The highest BCUT2D eigenvalue weighted by Crippen LogP contribution is 2.33. The summed E-state index contributed by atoms with van der Waals surface area (Å²) in [5.41, 5.74) is -0.693. The summed E-state index contributed by atoms with van der Waals surface area (Å²) in [6.45, 7) is 2.42. The number of rotatable bonds is 3. The fourth-order valence-electron chi connectivity index (χ4n) is 1.00. The second kappa shape index (κ2) is 2.93. The summed E-state index contributed by atoms with van der Waals surface area (Å²) in [4.78, 5) is 11.0. The molecular formula is C8H10O3. The van der Waals surface area contributed by atoms with Gasteiger partial charge in [0.1, 0.15) is 6.11 Å². The van der Waals surface area contributed by atoms with Crippen molar-refractivity contribution in [3.63, 3.8) is 0 Å². The first-order chi connectivity index (χ1) is 5.25. The number of epoxide rings is 1. The quantitative estimate of drug-likeness (QED) is 0.341. The molecule has 1 aliphatic heterocycles. The monoisotopic (exact) mass is 154 g/mol. The third kappa shape index (κ3) is 1.52. The molecule has 11 heavy (non-hydrogen) atoms. The molecule has 0 aromatic heterocycles. The van der Waals surface area contributed by atoms with E-state index in [-0.39, 0.29) is 0 Å². The van der Waals surface area contributed by atoms with Crippen LogP contribution >= 0.6 is 0 Å². The number of terminal acetylenes is 1. The predicted octanol–water partition coefficient (Wildman–Crippen LogP) is 0.689. The van der Waals surface area contributed by atoms with Gasteiger partial charge in [0.05, 0.1) is 6.61 Å². The normalized spacial score (nSPS) is 27.3. The van der Waals surface area contributed by atoms with Gasteiger partial charge in [0.2, 0.25) is 0 Å². The van der Waals surface area contributed by atoms with Crippen LogP contribution in [0, 0.1) is 12.5 Å². The lowest BCUT2D eigenvalue weighted by Gasteiger charge is -2.04. The topological polar surface area (TPSA) is 38.8 Å². The van der Waals surface area contributed by atoms with E-state index in [0.29, 0.717) is 13.0 Å². The summed E-state index contributed by atoms with van der Waals surface area (Å²) in [6.07, 6.45) is 8.22. The molecule has 60 valence electrons. The lowest BCUT2D eigenvalue weighted by atomic mass is 10.1. The minimum absolute atomic E-state index is 0.429. The van der Waals surface area contributed by atoms with Crippen molar-refractivity contribution in [2.45, 2.75) is 25.4 Å². The van der Waals surface area contributed by atoms with Crippen LogP contribution in [-0.2, 0) is 14.3 Å². The van der Waals surface area contributed by atoms with Crippen LogP contribution in [-0.4, -0.2) is 18.2 Å². The highest BCUT2D eigenvalue weighted by molar-refractivity contribution is 5.83. The molecule has 0 bridgehead atoms. The fourth-order valence-corrected chi connectivity index (χ4v) is 1.00. The number of esters is 1. The number of carbonyl (C=O) groups is 1. The molecule has 3 nitrogen and oxygen atoms in total. The third-order valence-electron chi connectivity index (χ3n) is 1.67. The molecule has 0 aliphatic carbocycles. The third-order valence-corrected chi connectivity index (χ3v) is 1.67. The molecule has 1 aliphatic rings. The number of carbonyl (C=O) groups excluding carboxylic acids is 1. The van der Waals surface area contributed by atoms with Gasteiger partial charge in [0.15, 0.2) is 5.60 Å². The van der Waals surface area contributed by atoms with Gasteiger partial charge in [-0.25, -0.2) is 4.79 Å². The minimum atomic E-state index is -0.693. The van der Waals surface area contributed by atoms with E-state index in [9.17, 15) is 4.79 Å². The van der Waals surface area contributed by atoms with Gasteiger partial charge in [-0.15, -0.1) is 0 Å². The summed E-state index contributed by atoms with van der Waals surface area (Å²) < 4.78 is 9.37. The van der Waals surface area contributed by atoms with Crippen molar-refractivity contribution < 1.29 is 14.3 Å². The largest absolute Gasteiger partial charge is 0.370 e. The Morgan fingerprint density at radius 3 is 2.91 bits per heavy atom. The fraction of sp³-hybridized carbons (Fsp3) is 0.625. The van der Waals surface area contributed by atoms with Crippen molar-refractivity contribution in [3.8, 4) is 12.5 Å². The zero-order valence-electron chi connectivity index (χ0n) is 6.42. The molecule has 1 saturated heterocycles. The van der Waals surface area contributed by atoms with Gasteiger partial charge in [-0.3, -0.25) is 0 Å². The molecule has 1 atom stereocenters. The van der Waals surface area contributed by atoms with Gasteiger partial charge in [-0.2, -0.15) is 0 Å². The van der Waals surface area contributed by atoms with Crippen molar-refractivity contribution in [1.29, 1.82) is 0 Å². The van der Waals surface area contributed by atoms with Gasteiger partial charge in [0.25, 0.3) is 0 Å². The Kier molecular flexibility index (Phi) is 2.16. The minimum Gasteiger partial charge on any atom is -0.370 e. The van der Waals surface area contributed by atoms with E-state index in [1.165, 1.54) is 0 Å². The maximum Gasteiger partial charge on any atom is 0.354 e. The van der Waals surface area contributed by atoms with Crippen LogP contribution < -0.4 is 0 Å². The van der Waals surface area contributed by atoms with Crippen LogP contribution in [0.15, 0.2) is 0 Å². The zero-order valence-corrected chi connectivity index (χ0v) is 6.42. The Labute approximate surface area is 65.7 Å². The Bertz CT molecular complexity index is 198. The lowest BCUT2D eigenvalue weighted by Crippen LogP contribution is -2.25. The van der Waals surface area contributed by atoms with E-state index in [2.05, 4.69) is 4.74 Å². The molecule has 1 fully saturated rings. The molecule has 3 heteroatoms. The molecule has 1 unspecified atom stereocenters. The van der Waals surface area contributed by atoms with E-state index in [1.54, 1.807) is 0 Å². The van der Waals surface area contributed by atoms with Crippen LogP contribution in [0.2, 0.25) is 0 Å². The Hall–Kier alpha value is -1.01. The Morgan fingerprint density at radius 1 is 1.91 bits per heavy atom. The molecule has 1 heterocycles. The van der Waals surface area contributed by atoms with Gasteiger partial charge < -0.3 is 9.47 Å². The van der Waals surface area contributed by atoms with Crippen LogP contribution in [0.4, 0.5) is 0 Å². The van der Waals surface area contributed by atoms with Gasteiger partial charge in [-0.05, 0) is 6.42 Å². The maximum absolute atomic E-state index is 11.0. The maximum atomic E-state index is 11.0. The molecule has 1 rings (SSSR count). The van der Waals surface area contributed by atoms with E-state index >= 15 is 0 Å². The smallest absolute Gasteiger partial charge is 0.354 e. The SMILES string of the molecule is C#COC(=O)C1(CCC)CO1. The van der Waals surface area contributed by atoms with Crippen molar-refractivity contribution in [2.75, 3.05) is 6.61 Å². The predicted molar refractivity (Wildman–Crippen MR) is 38.5 cm³/mol. The average Bonchev–Trinajstić information content (AvgIpc) is 2.71. The highest BCUT2D eigenvalue weighted by Gasteiger charge is 2.53. The summed E-state index contributed by atoms with van der Waals surface area (Å²) in [5, 5.41) is 0. The van der Waals surface area contributed by atoms with E-state index in [4.69, 9.17) is 11.2 Å². The summed E-state index contributed by atoms with van der Waals surface area (Å²) in [6, 6.07) is 0. The number of hydrogen-bond donors (Lipinski definition) is 0. The Balaban J connectivity index is 2.46.